The third-order valence-electron chi connectivity index (χ3n) is 6.81. The Labute approximate surface area is 242 Å². The van der Waals surface area contributed by atoms with Crippen LogP contribution in [0.25, 0.3) is 32.9 Å². The van der Waals surface area contributed by atoms with E-state index in [1.54, 1.807) is 48.5 Å². The standard InChI is InChI=1S/C35H30O7/c1-2-32(36)40-22-8-4-3-7-21-39-28-17-15-26(16-18-28)34(37)41-29-19-13-25(14-20-29)31-23-27-12-11-24-9-5-6-10-30(24)33(27)42-35(31)38/h2,5-6,9-20,23H,1,3-4,7-8,21-22H2. The molecule has 7 heteroatoms. The zero-order valence-corrected chi connectivity index (χ0v) is 23.0. The maximum atomic E-state index is 12.8. The van der Waals surface area contributed by atoms with E-state index in [1.165, 1.54) is 0 Å². The van der Waals surface area contributed by atoms with Gasteiger partial charge < -0.3 is 18.6 Å². The monoisotopic (exact) mass is 562 g/mol. The second-order valence-corrected chi connectivity index (χ2v) is 9.73. The van der Waals surface area contributed by atoms with Crippen LogP contribution in [-0.2, 0) is 9.53 Å². The van der Waals surface area contributed by atoms with E-state index in [1.807, 2.05) is 42.5 Å². The molecule has 4 aromatic carbocycles. The highest BCUT2D eigenvalue weighted by Gasteiger charge is 2.12. The van der Waals surface area contributed by atoms with E-state index in [-0.39, 0.29) is 0 Å². The van der Waals surface area contributed by atoms with Crippen LogP contribution in [0.2, 0.25) is 0 Å². The third kappa shape index (κ3) is 6.93. The molecule has 0 radical (unpaired) electrons. The van der Waals surface area contributed by atoms with Gasteiger partial charge in [-0.05, 0) is 79.1 Å². The summed E-state index contributed by atoms with van der Waals surface area (Å²) in [5.41, 5.74) is 1.61. The molecule has 0 spiro atoms. The number of carbonyl (C=O) groups is 2. The van der Waals surface area contributed by atoms with Crippen molar-refractivity contribution in [3.63, 3.8) is 0 Å². The van der Waals surface area contributed by atoms with Gasteiger partial charge >= 0.3 is 17.6 Å². The Morgan fingerprint density at radius 2 is 1.45 bits per heavy atom. The van der Waals surface area contributed by atoms with E-state index in [9.17, 15) is 14.4 Å². The van der Waals surface area contributed by atoms with Gasteiger partial charge in [0.25, 0.3) is 0 Å². The van der Waals surface area contributed by atoms with Crippen molar-refractivity contribution in [2.75, 3.05) is 13.2 Å². The van der Waals surface area contributed by atoms with Gasteiger partial charge in [-0.3, -0.25) is 0 Å². The Balaban J connectivity index is 1.13. The van der Waals surface area contributed by atoms with E-state index in [0.29, 0.717) is 47.0 Å². The summed E-state index contributed by atoms with van der Waals surface area (Å²) in [7, 11) is 0. The molecule has 7 nitrogen and oxygen atoms in total. The van der Waals surface area contributed by atoms with Crippen molar-refractivity contribution >= 4 is 33.7 Å². The van der Waals surface area contributed by atoms with Crippen LogP contribution in [0.15, 0.2) is 113 Å². The maximum absolute atomic E-state index is 12.8. The van der Waals surface area contributed by atoms with Crippen LogP contribution in [0.5, 0.6) is 11.5 Å². The Bertz CT molecular complexity index is 1770. The summed E-state index contributed by atoms with van der Waals surface area (Å²) in [6.45, 7) is 4.31. The molecule has 5 aromatic rings. The summed E-state index contributed by atoms with van der Waals surface area (Å²) in [6.07, 6.45) is 4.72. The first-order valence-electron chi connectivity index (χ1n) is 13.8. The topological polar surface area (TPSA) is 92.0 Å². The molecular weight excluding hydrogens is 532 g/mol. The minimum Gasteiger partial charge on any atom is -0.494 e. The lowest BCUT2D eigenvalue weighted by Gasteiger charge is -2.09. The number of fused-ring (bicyclic) bond motifs is 3. The van der Waals surface area contributed by atoms with Crippen LogP contribution >= 0.6 is 0 Å². The van der Waals surface area contributed by atoms with Crippen molar-refractivity contribution in [3.8, 4) is 22.6 Å². The summed E-state index contributed by atoms with van der Waals surface area (Å²) >= 11 is 0. The van der Waals surface area contributed by atoms with Gasteiger partial charge in [-0.1, -0.05) is 55.1 Å². The first-order chi connectivity index (χ1) is 20.5. The average Bonchev–Trinajstić information content (AvgIpc) is 3.02. The van der Waals surface area contributed by atoms with Gasteiger partial charge in [0.1, 0.15) is 17.1 Å². The van der Waals surface area contributed by atoms with Gasteiger partial charge in [0.05, 0.1) is 24.3 Å². The van der Waals surface area contributed by atoms with Gasteiger partial charge in [-0.15, -0.1) is 0 Å². The van der Waals surface area contributed by atoms with E-state index >= 15 is 0 Å². The predicted molar refractivity (Wildman–Crippen MR) is 162 cm³/mol. The van der Waals surface area contributed by atoms with E-state index in [4.69, 9.17) is 18.6 Å². The van der Waals surface area contributed by atoms with Gasteiger partial charge in [0.2, 0.25) is 0 Å². The van der Waals surface area contributed by atoms with Crippen LogP contribution in [0.4, 0.5) is 0 Å². The number of benzene rings is 4. The number of rotatable bonds is 12. The fourth-order valence-corrected chi connectivity index (χ4v) is 4.59. The van der Waals surface area contributed by atoms with Gasteiger partial charge in [-0.2, -0.15) is 0 Å². The van der Waals surface area contributed by atoms with Crippen LogP contribution in [0, 0.1) is 0 Å². The van der Waals surface area contributed by atoms with Crippen LogP contribution < -0.4 is 15.1 Å². The van der Waals surface area contributed by atoms with Crippen molar-refractivity contribution in [1.82, 2.24) is 0 Å². The largest absolute Gasteiger partial charge is 0.494 e. The van der Waals surface area contributed by atoms with E-state index in [2.05, 4.69) is 6.58 Å². The van der Waals surface area contributed by atoms with Crippen LogP contribution in [0.3, 0.4) is 0 Å². The van der Waals surface area contributed by atoms with Crippen molar-refractivity contribution in [1.29, 1.82) is 0 Å². The summed E-state index contributed by atoms with van der Waals surface area (Å²) < 4.78 is 21.9. The number of hydrogen-bond donors (Lipinski definition) is 0. The number of carbonyl (C=O) groups excluding carboxylic acids is 2. The molecule has 1 heterocycles. The lowest BCUT2D eigenvalue weighted by Crippen LogP contribution is -2.08. The molecule has 0 saturated carbocycles. The Hall–Kier alpha value is -5.17. The quantitative estimate of drug-likeness (QED) is 0.0388. The fraction of sp³-hybridized carbons (Fsp3) is 0.171. The van der Waals surface area contributed by atoms with Crippen molar-refractivity contribution in [2.24, 2.45) is 0 Å². The SMILES string of the molecule is C=CC(=O)OCCCCCCOc1ccc(C(=O)Oc2ccc(-c3cc4ccc5ccccc5c4oc3=O)cc2)cc1. The summed E-state index contributed by atoms with van der Waals surface area (Å²) in [5.74, 6) is 0.131. The lowest BCUT2D eigenvalue weighted by atomic mass is 10.0. The molecule has 212 valence electrons. The summed E-state index contributed by atoms with van der Waals surface area (Å²) in [5, 5.41) is 2.72. The molecule has 0 aliphatic rings. The maximum Gasteiger partial charge on any atom is 0.344 e. The zero-order valence-electron chi connectivity index (χ0n) is 23.0. The van der Waals surface area contributed by atoms with Crippen molar-refractivity contribution in [3.05, 3.63) is 120 Å². The van der Waals surface area contributed by atoms with Crippen LogP contribution in [0.1, 0.15) is 36.0 Å². The number of ether oxygens (including phenoxy) is 3. The molecular formula is C35H30O7. The number of hydrogen-bond acceptors (Lipinski definition) is 7. The van der Waals surface area contributed by atoms with Crippen molar-refractivity contribution in [2.45, 2.75) is 25.7 Å². The predicted octanol–water partition coefficient (Wildman–Crippen LogP) is 7.50. The molecule has 1 aromatic heterocycles. The molecule has 0 amide bonds. The average molecular weight is 563 g/mol. The number of esters is 2. The minimum absolute atomic E-state index is 0.361. The molecule has 5 rings (SSSR count). The molecule has 0 aliphatic heterocycles. The molecule has 0 bridgehead atoms. The minimum atomic E-state index is -0.497. The second kappa shape index (κ2) is 13.5. The normalized spacial score (nSPS) is 10.9. The second-order valence-electron chi connectivity index (χ2n) is 9.73. The smallest absolute Gasteiger partial charge is 0.344 e. The first kappa shape index (κ1) is 28.4. The molecule has 0 saturated heterocycles. The Morgan fingerprint density at radius 1 is 0.762 bits per heavy atom. The third-order valence-corrected chi connectivity index (χ3v) is 6.81. The van der Waals surface area contributed by atoms with E-state index in [0.717, 1.165) is 47.9 Å². The molecule has 0 atom stereocenters. The van der Waals surface area contributed by atoms with Crippen LogP contribution in [-0.4, -0.2) is 25.2 Å². The first-order valence-corrected chi connectivity index (χ1v) is 13.8. The van der Waals surface area contributed by atoms with Crippen molar-refractivity contribution < 1.29 is 28.2 Å². The van der Waals surface area contributed by atoms with Gasteiger partial charge in [-0.25, -0.2) is 14.4 Å². The van der Waals surface area contributed by atoms with E-state index < -0.39 is 17.6 Å². The molecule has 0 unspecified atom stereocenters. The molecule has 0 N–H and O–H groups in total. The highest BCUT2D eigenvalue weighted by molar-refractivity contribution is 6.04. The lowest BCUT2D eigenvalue weighted by molar-refractivity contribution is -0.137. The molecule has 42 heavy (non-hydrogen) atoms. The summed E-state index contributed by atoms with van der Waals surface area (Å²) in [4.78, 5) is 36.5. The fourth-order valence-electron chi connectivity index (χ4n) is 4.59. The molecule has 0 fully saturated rings. The zero-order chi connectivity index (χ0) is 29.3. The van der Waals surface area contributed by atoms with Gasteiger partial charge in [0, 0.05) is 16.8 Å². The number of unbranched alkanes of at least 4 members (excludes halogenated alkanes) is 3. The Kier molecular flexibility index (Phi) is 9.09. The molecule has 0 aliphatic carbocycles. The summed E-state index contributed by atoms with van der Waals surface area (Å²) in [6, 6.07) is 27.1. The highest BCUT2D eigenvalue weighted by Crippen LogP contribution is 2.28. The Morgan fingerprint density at radius 3 is 2.21 bits per heavy atom. The highest BCUT2D eigenvalue weighted by atomic mass is 16.5. The van der Waals surface area contributed by atoms with Gasteiger partial charge in [0.15, 0.2) is 0 Å².